The summed E-state index contributed by atoms with van der Waals surface area (Å²) < 4.78 is 25.3. The molecule has 3 rings (SSSR count). The first-order valence-electron chi connectivity index (χ1n) is 7.19. The number of halogens is 2. The average Bonchev–Trinajstić information content (AvgIpc) is 2.45. The number of amides is 1. The van der Waals surface area contributed by atoms with Crippen molar-refractivity contribution < 1.29 is 18.7 Å². The Kier molecular flexibility index (Phi) is 3.55. The SMILES string of the molecule is O=C([O-])N1CCC2(CC1)CC(c1ccnc(C(F)F)c1)C2. The van der Waals surface area contributed by atoms with Crippen LogP contribution in [0.1, 0.15) is 49.3 Å². The van der Waals surface area contributed by atoms with Crippen LogP contribution in [0.3, 0.4) is 0 Å². The Bertz CT molecular complexity index is 534. The van der Waals surface area contributed by atoms with Gasteiger partial charge in [-0.2, -0.15) is 0 Å². The van der Waals surface area contributed by atoms with Crippen LogP contribution in [0.2, 0.25) is 0 Å². The first-order valence-corrected chi connectivity index (χ1v) is 7.19. The third-order valence-corrected chi connectivity index (χ3v) is 4.94. The third-order valence-electron chi connectivity index (χ3n) is 4.94. The minimum absolute atomic E-state index is 0.166. The van der Waals surface area contributed by atoms with Gasteiger partial charge in [-0.05, 0) is 54.7 Å². The molecule has 1 aromatic rings. The van der Waals surface area contributed by atoms with Crippen LogP contribution in [-0.4, -0.2) is 29.1 Å². The number of likely N-dealkylation sites (tertiary alicyclic amines) is 1. The van der Waals surface area contributed by atoms with Gasteiger partial charge in [0.25, 0.3) is 6.43 Å². The lowest BCUT2D eigenvalue weighted by Gasteiger charge is -2.53. The molecule has 1 saturated carbocycles. The van der Waals surface area contributed by atoms with E-state index < -0.39 is 12.5 Å². The summed E-state index contributed by atoms with van der Waals surface area (Å²) >= 11 is 0. The Hall–Kier alpha value is -1.72. The van der Waals surface area contributed by atoms with E-state index in [1.54, 1.807) is 6.07 Å². The lowest BCUT2D eigenvalue weighted by molar-refractivity contribution is -0.267. The number of hydrogen-bond acceptors (Lipinski definition) is 3. The minimum atomic E-state index is -2.54. The van der Waals surface area contributed by atoms with Gasteiger partial charge >= 0.3 is 0 Å². The standard InChI is InChI=1S/C15H18F2N2O2/c16-13(17)12-7-10(1-4-18-12)11-8-15(9-11)2-5-19(6-3-15)14(20)21/h1,4,7,11,13H,2-3,5-6,8-9H2,(H,20,21)/p-1. The molecule has 0 radical (unpaired) electrons. The molecule has 1 amide bonds. The van der Waals surface area contributed by atoms with Gasteiger partial charge in [-0.15, -0.1) is 0 Å². The Morgan fingerprint density at radius 2 is 2.05 bits per heavy atom. The summed E-state index contributed by atoms with van der Waals surface area (Å²) in [5.74, 6) is 0.292. The molecule has 114 valence electrons. The maximum Gasteiger partial charge on any atom is 0.280 e. The maximum atomic E-state index is 12.7. The number of nitrogens with zero attached hydrogens (tertiary/aromatic N) is 2. The highest BCUT2D eigenvalue weighted by molar-refractivity contribution is 5.62. The number of hydrogen-bond donors (Lipinski definition) is 0. The largest absolute Gasteiger partial charge is 0.530 e. The second-order valence-electron chi connectivity index (χ2n) is 6.17. The zero-order valence-corrected chi connectivity index (χ0v) is 11.6. The minimum Gasteiger partial charge on any atom is -0.530 e. The quantitative estimate of drug-likeness (QED) is 0.841. The van der Waals surface area contributed by atoms with Gasteiger partial charge < -0.3 is 14.8 Å². The monoisotopic (exact) mass is 295 g/mol. The molecule has 21 heavy (non-hydrogen) atoms. The van der Waals surface area contributed by atoms with Crippen LogP contribution in [0.4, 0.5) is 13.6 Å². The molecule has 2 heterocycles. The molecule has 0 N–H and O–H groups in total. The molecule has 1 spiro atoms. The van der Waals surface area contributed by atoms with Gasteiger partial charge in [0.2, 0.25) is 0 Å². The van der Waals surface area contributed by atoms with Gasteiger partial charge in [0.05, 0.1) is 0 Å². The number of carbonyl (C=O) groups excluding carboxylic acids is 1. The van der Waals surface area contributed by atoms with Crippen molar-refractivity contribution in [2.24, 2.45) is 5.41 Å². The molecule has 6 heteroatoms. The number of carbonyl (C=O) groups is 1. The van der Waals surface area contributed by atoms with Crippen molar-refractivity contribution in [2.45, 2.75) is 38.0 Å². The Labute approximate surface area is 121 Å². The summed E-state index contributed by atoms with van der Waals surface area (Å²) in [6.07, 6.45) is 1.37. The fourth-order valence-electron chi connectivity index (χ4n) is 3.63. The molecule has 2 aliphatic rings. The van der Waals surface area contributed by atoms with Gasteiger partial charge in [0.1, 0.15) is 11.8 Å². The van der Waals surface area contributed by atoms with E-state index >= 15 is 0 Å². The maximum absolute atomic E-state index is 12.7. The zero-order chi connectivity index (χ0) is 15.0. The molecule has 1 aliphatic carbocycles. The highest BCUT2D eigenvalue weighted by Crippen LogP contribution is 2.56. The summed E-state index contributed by atoms with van der Waals surface area (Å²) in [5, 5.41) is 10.8. The molecule has 0 unspecified atom stereocenters. The molecule has 0 bridgehead atoms. The van der Waals surface area contributed by atoms with Crippen molar-refractivity contribution in [1.29, 1.82) is 0 Å². The van der Waals surface area contributed by atoms with Crippen LogP contribution < -0.4 is 5.11 Å². The fourth-order valence-corrected chi connectivity index (χ4v) is 3.63. The predicted octanol–water partition coefficient (Wildman–Crippen LogP) is 2.32. The topological polar surface area (TPSA) is 56.3 Å². The van der Waals surface area contributed by atoms with Crippen molar-refractivity contribution in [1.82, 2.24) is 9.88 Å². The van der Waals surface area contributed by atoms with Gasteiger partial charge in [-0.1, -0.05) is 0 Å². The van der Waals surface area contributed by atoms with Gasteiger partial charge in [-0.25, -0.2) is 8.78 Å². The molecule has 0 atom stereocenters. The van der Waals surface area contributed by atoms with E-state index in [9.17, 15) is 18.7 Å². The zero-order valence-electron chi connectivity index (χ0n) is 11.6. The van der Waals surface area contributed by atoms with Gasteiger partial charge in [0.15, 0.2) is 0 Å². The van der Waals surface area contributed by atoms with E-state index in [0.29, 0.717) is 19.0 Å². The van der Waals surface area contributed by atoms with Crippen molar-refractivity contribution in [3.05, 3.63) is 29.6 Å². The van der Waals surface area contributed by atoms with Crippen LogP contribution in [-0.2, 0) is 0 Å². The molecule has 1 aromatic heterocycles. The highest BCUT2D eigenvalue weighted by Gasteiger charge is 2.46. The smallest absolute Gasteiger partial charge is 0.280 e. The molecule has 2 fully saturated rings. The summed E-state index contributed by atoms with van der Waals surface area (Å²) in [6.45, 7) is 1.04. The second-order valence-corrected chi connectivity index (χ2v) is 6.17. The molecule has 1 aliphatic heterocycles. The van der Waals surface area contributed by atoms with Crippen LogP contribution in [0, 0.1) is 5.41 Å². The molecule has 0 aromatic carbocycles. The lowest BCUT2D eigenvalue weighted by atomic mass is 9.56. The highest BCUT2D eigenvalue weighted by atomic mass is 19.3. The van der Waals surface area contributed by atoms with Crippen LogP contribution in [0.15, 0.2) is 18.3 Å². The molecule has 4 nitrogen and oxygen atoms in total. The van der Waals surface area contributed by atoms with E-state index in [-0.39, 0.29) is 11.1 Å². The van der Waals surface area contributed by atoms with E-state index in [1.807, 2.05) is 0 Å². The number of carboxylic acid groups (broad SMARTS) is 1. The number of alkyl halides is 2. The van der Waals surface area contributed by atoms with E-state index in [0.717, 1.165) is 31.2 Å². The predicted molar refractivity (Wildman–Crippen MR) is 69.8 cm³/mol. The molecular weight excluding hydrogens is 278 g/mol. The summed E-state index contributed by atoms with van der Waals surface area (Å²) in [7, 11) is 0. The van der Waals surface area contributed by atoms with Crippen molar-refractivity contribution in [2.75, 3.05) is 13.1 Å². The number of aromatic nitrogens is 1. The number of pyridine rings is 1. The Morgan fingerprint density at radius 3 is 2.62 bits per heavy atom. The summed E-state index contributed by atoms with van der Waals surface area (Å²) in [4.78, 5) is 15.8. The molecule has 1 saturated heterocycles. The molecular formula is C15H17F2N2O2-. The van der Waals surface area contributed by atoms with Crippen molar-refractivity contribution in [3.8, 4) is 0 Å². The van der Waals surface area contributed by atoms with Crippen molar-refractivity contribution in [3.63, 3.8) is 0 Å². The van der Waals surface area contributed by atoms with Crippen LogP contribution in [0.5, 0.6) is 0 Å². The van der Waals surface area contributed by atoms with Crippen LogP contribution >= 0.6 is 0 Å². The number of rotatable bonds is 2. The summed E-state index contributed by atoms with van der Waals surface area (Å²) in [6, 6.07) is 3.30. The van der Waals surface area contributed by atoms with Gasteiger partial charge in [-0.3, -0.25) is 4.98 Å². The first kappa shape index (κ1) is 14.2. The Balaban J connectivity index is 1.61. The second kappa shape index (κ2) is 5.24. The number of piperidine rings is 1. The average molecular weight is 295 g/mol. The first-order chi connectivity index (χ1) is 9.99. The van der Waals surface area contributed by atoms with E-state index in [1.165, 1.54) is 17.2 Å². The Morgan fingerprint density at radius 1 is 1.38 bits per heavy atom. The fraction of sp³-hybridized carbons (Fsp3) is 0.600. The summed E-state index contributed by atoms with van der Waals surface area (Å²) in [5.41, 5.74) is 0.943. The van der Waals surface area contributed by atoms with E-state index in [4.69, 9.17) is 0 Å². The third kappa shape index (κ3) is 2.71. The normalized spacial score (nSPS) is 21.6. The lowest BCUT2D eigenvalue weighted by Crippen LogP contribution is -2.51. The van der Waals surface area contributed by atoms with Gasteiger partial charge in [0, 0.05) is 19.3 Å². The van der Waals surface area contributed by atoms with Crippen molar-refractivity contribution >= 4 is 6.09 Å². The van der Waals surface area contributed by atoms with E-state index in [2.05, 4.69) is 4.98 Å². The van der Waals surface area contributed by atoms with Crippen LogP contribution in [0.25, 0.3) is 0 Å².